The number of nitrogens with one attached hydrogen (secondary N) is 6. The SMILES string of the molecule is CCOc1ccncc1NC(=O)c1c(N)nn2cc(Cl)cnc12.CN(C)CCCOc1ccncc1NC(=O)c1c(N)nn2cc(Cl)cnc12.COCCOc1ccncc1NC(=O)c1c(N)nn2cc(Cl)cnc12.COc1ccncc1NC(=O)c1c(N)nn2cc(Cl)cnc12.Nc1nn2cc(Cl)cnc2c1C(=O)Nc1cnccc1OCCCO.Nc1nn2cc(Cl)cnc2c1C(=O)Nc1cnccc1O[C@@H]1CCOC1. The quantitative estimate of drug-likeness (QED) is 0.0186. The number of nitrogen functional groups attached to an aromatic ring is 6. The molecule has 6 amide bonds. The molecule has 0 aromatic carbocycles. The number of rotatable bonds is 30. The van der Waals surface area contributed by atoms with Gasteiger partial charge in [-0.15, -0.1) is 30.6 Å². The minimum atomic E-state index is -0.498. The number of fused-ring (bicyclic) bond motifs is 6. The van der Waals surface area contributed by atoms with Crippen LogP contribution < -0.4 is 94.7 Å². The van der Waals surface area contributed by atoms with E-state index in [4.69, 9.17) is 147 Å². The Balaban J connectivity index is 0.000000140. The normalized spacial score (nSPS) is 11.9. The molecular weight excluding hydrogens is 2050 g/mol. The number of amides is 6. The Kier molecular flexibility index (Phi) is 36.1. The van der Waals surface area contributed by atoms with Crippen LogP contribution in [0.3, 0.4) is 0 Å². The number of ether oxygens (including phenoxy) is 8. The highest BCUT2D eigenvalue weighted by atomic mass is 35.5. The standard InChI is InChI=1S/C17H20ClN7O2.C16H15ClN6O3.2C15H15ClN6O3.C14H13ClN6O2.C13H11ClN6O2/c1-24(2)6-3-7-27-13-4-5-20-9-12(13)22-17(26)14-15(19)23-25-10-11(18)8-21-16(14)25;17-9-5-20-15-13(14(18)22-23(15)7-9)16(24)21-11-6-19-3-1-12(11)26-10-2-4-25-8-10;1-24-4-5-25-11-2-3-18-7-10(11)20-15(23)12-13(17)21-22-8-9(16)6-19-14(12)22;16-9-6-19-14-12(13(17)21-22(14)8-9)15(24)20-10-7-18-3-2-11(10)25-5-1-4-23;1-2-23-10-3-4-17-6-9(10)19-14(22)11-12(16)20-21-7-8(15)5-18-13(11)21;1-22-9-2-3-16-5-8(9)18-13(21)10-11(15)19-20-6-7(14)4-17-12(10)20/h4-5,8-10H,3,6-7H2,1-2H3,(H2,19,23)(H,22,26);1,3,5-7,10H,2,4,8H2,(H2,18,22)(H,21,24);2-3,6-8H,4-5H2,1H3,(H2,17,21)(H,20,23);2-3,6-8,23H,1,4-5H2,(H2,17,21)(H,20,24);3-7H,2H2,1H3,(H2,16,20)(H,19,22);2-6H,1H3,(H2,15,19)(H,18,21)/t;10-;;;;/m.1..../s1. The number of halogens is 6. The van der Waals surface area contributed by atoms with Crippen LogP contribution in [0.15, 0.2) is 185 Å². The zero-order valence-corrected chi connectivity index (χ0v) is 83.0. The molecule has 148 heavy (non-hydrogen) atoms. The molecule has 1 fully saturated rings. The lowest BCUT2D eigenvalue weighted by Gasteiger charge is -2.15. The maximum absolute atomic E-state index is 12.8. The molecule has 18 aromatic heterocycles. The van der Waals surface area contributed by atoms with Gasteiger partial charge in [-0.1, -0.05) is 69.6 Å². The van der Waals surface area contributed by atoms with Gasteiger partial charge in [0.1, 0.15) is 115 Å². The lowest BCUT2D eigenvalue weighted by atomic mass is 10.2. The molecule has 18 aromatic rings. The number of nitrogens with zero attached hydrogens (tertiary/aromatic N) is 25. The average molecular weight is 2140 g/mol. The molecule has 0 saturated carbocycles. The molecule has 1 saturated heterocycles. The third-order valence-electron chi connectivity index (χ3n) is 20.2. The molecule has 0 unspecified atom stereocenters. The Bertz CT molecular complexity index is 7680. The summed E-state index contributed by atoms with van der Waals surface area (Å²) >= 11 is 35.2. The molecule has 1 atom stereocenters. The highest BCUT2D eigenvalue weighted by Gasteiger charge is 2.30. The van der Waals surface area contributed by atoms with E-state index in [1.807, 2.05) is 21.0 Å². The van der Waals surface area contributed by atoms with Gasteiger partial charge in [0, 0.05) is 144 Å². The van der Waals surface area contributed by atoms with Crippen molar-refractivity contribution >= 4 is 208 Å². The van der Waals surface area contributed by atoms with Crippen molar-refractivity contribution in [3.63, 3.8) is 0 Å². The lowest BCUT2D eigenvalue weighted by Crippen LogP contribution is -2.19. The average Bonchev–Trinajstić information content (AvgIpc) is 1.66. The molecule has 0 radical (unpaired) electrons. The smallest absolute Gasteiger partial charge is 0.263 e. The van der Waals surface area contributed by atoms with Gasteiger partial charge in [0.2, 0.25) is 0 Å². The van der Waals surface area contributed by atoms with E-state index in [2.05, 4.69) is 127 Å². The second kappa shape index (κ2) is 50.2. The zero-order chi connectivity index (χ0) is 105. The number of methoxy groups -OCH3 is 2. The van der Waals surface area contributed by atoms with Crippen LogP contribution in [0.4, 0.5) is 69.0 Å². The number of nitrogens with two attached hydrogens (primary N) is 6. The third kappa shape index (κ3) is 26.8. The van der Waals surface area contributed by atoms with Gasteiger partial charge in [0.25, 0.3) is 35.4 Å². The van der Waals surface area contributed by atoms with Crippen molar-refractivity contribution in [2.24, 2.45) is 0 Å². The minimum Gasteiger partial charge on any atom is -0.494 e. The predicted octanol–water partition coefficient (Wildman–Crippen LogP) is 10.4. The van der Waals surface area contributed by atoms with Gasteiger partial charge in [-0.05, 0) is 27.4 Å². The van der Waals surface area contributed by atoms with Crippen LogP contribution in [0.1, 0.15) is 88.3 Å². The highest BCUT2D eigenvalue weighted by molar-refractivity contribution is 6.32. The maximum Gasteiger partial charge on any atom is 0.263 e. The van der Waals surface area contributed by atoms with Crippen molar-refractivity contribution in [2.75, 3.05) is 154 Å². The monoisotopic (exact) mass is 2140 g/mol. The first-order chi connectivity index (χ1) is 71.5. The Labute approximate surface area is 866 Å². The van der Waals surface area contributed by atoms with Crippen LogP contribution in [0.2, 0.25) is 30.1 Å². The van der Waals surface area contributed by atoms with Crippen molar-refractivity contribution in [1.29, 1.82) is 0 Å². The van der Waals surface area contributed by atoms with Crippen molar-refractivity contribution in [2.45, 2.75) is 32.3 Å². The van der Waals surface area contributed by atoms with E-state index in [1.54, 1.807) is 74.5 Å². The van der Waals surface area contributed by atoms with Crippen molar-refractivity contribution in [3.05, 3.63) is 249 Å². The number of aromatic nitrogens is 24. The molecule has 19 rings (SSSR count). The van der Waals surface area contributed by atoms with Gasteiger partial charge in [-0.25, -0.2) is 57.0 Å². The molecule has 52 nitrogen and oxygen atoms in total. The largest absolute Gasteiger partial charge is 0.494 e. The van der Waals surface area contributed by atoms with Gasteiger partial charge in [0.15, 0.2) is 68.8 Å². The molecule has 766 valence electrons. The number of carbonyl (C=O) groups excluding carboxylic acids is 6. The van der Waals surface area contributed by atoms with Crippen LogP contribution in [0, 0.1) is 0 Å². The fourth-order valence-corrected chi connectivity index (χ4v) is 14.5. The first kappa shape index (κ1) is 106. The molecular formula is C90H89Cl6N37O15. The topological polar surface area (TPSA) is 687 Å². The number of carbonyl (C=O) groups is 6. The summed E-state index contributed by atoms with van der Waals surface area (Å²) in [5.74, 6) is 0.391. The molecule has 0 aliphatic carbocycles. The molecule has 1 aliphatic rings. The van der Waals surface area contributed by atoms with Gasteiger partial charge in [-0.2, -0.15) is 0 Å². The van der Waals surface area contributed by atoms with Gasteiger partial charge in [-0.3, -0.25) is 58.7 Å². The van der Waals surface area contributed by atoms with Gasteiger partial charge in [0.05, 0.1) is 151 Å². The van der Waals surface area contributed by atoms with Crippen LogP contribution in [-0.2, 0) is 9.47 Å². The van der Waals surface area contributed by atoms with E-state index in [1.165, 1.54) is 152 Å². The van der Waals surface area contributed by atoms with E-state index < -0.39 is 35.4 Å². The first-order valence-corrected chi connectivity index (χ1v) is 46.1. The summed E-state index contributed by atoms with van der Waals surface area (Å²) in [7, 11) is 7.07. The fourth-order valence-electron chi connectivity index (χ4n) is 13.6. The first-order valence-electron chi connectivity index (χ1n) is 43.8. The van der Waals surface area contributed by atoms with E-state index in [-0.39, 0.29) is 86.6 Å². The maximum atomic E-state index is 12.8. The van der Waals surface area contributed by atoms with E-state index in [9.17, 15) is 28.8 Å². The van der Waals surface area contributed by atoms with Crippen LogP contribution in [0.5, 0.6) is 34.5 Å². The number of aliphatic hydroxyl groups excluding tert-OH is 1. The number of hydrogen-bond acceptors (Lipinski definition) is 40. The summed E-state index contributed by atoms with van der Waals surface area (Å²) in [6.07, 6.45) is 38.0. The van der Waals surface area contributed by atoms with Crippen LogP contribution in [-0.4, -0.2) is 257 Å². The van der Waals surface area contributed by atoms with E-state index in [0.29, 0.717) is 180 Å². The summed E-state index contributed by atoms with van der Waals surface area (Å²) in [5.41, 5.74) is 40.3. The number of pyridine rings is 6. The van der Waals surface area contributed by atoms with E-state index in [0.717, 1.165) is 19.4 Å². The van der Waals surface area contributed by atoms with E-state index >= 15 is 0 Å². The molecule has 58 heteroatoms. The molecule has 0 spiro atoms. The lowest BCUT2D eigenvalue weighted by molar-refractivity contribution is 0.101. The Hall–Kier alpha value is -17.4. The third-order valence-corrected chi connectivity index (χ3v) is 21.3. The minimum absolute atomic E-state index is 0.0138. The summed E-state index contributed by atoms with van der Waals surface area (Å²) in [5, 5.41) is 51.7. The van der Waals surface area contributed by atoms with Crippen molar-refractivity contribution in [3.8, 4) is 34.5 Å². The van der Waals surface area contributed by atoms with Gasteiger partial charge >= 0.3 is 0 Å². The second-order valence-electron chi connectivity index (χ2n) is 30.8. The molecule has 0 bridgehead atoms. The van der Waals surface area contributed by atoms with Gasteiger partial charge < -0.3 is 114 Å². The highest BCUT2D eigenvalue weighted by Crippen LogP contribution is 2.35. The molecule has 19 heterocycles. The van der Waals surface area contributed by atoms with Crippen molar-refractivity contribution in [1.82, 2.24) is 122 Å². The van der Waals surface area contributed by atoms with Crippen LogP contribution in [0.25, 0.3) is 33.9 Å². The molecule has 1 aliphatic heterocycles. The summed E-state index contributed by atoms with van der Waals surface area (Å²) in [6, 6.07) is 9.94. The fraction of sp³-hybridized carbons (Fsp3) is 0.200. The molecule has 19 N–H and O–H groups in total. The number of aliphatic hydroxyl groups is 1. The van der Waals surface area contributed by atoms with Crippen molar-refractivity contribution < 1.29 is 71.8 Å². The summed E-state index contributed by atoms with van der Waals surface area (Å²) in [4.78, 5) is 127. The Morgan fingerprint density at radius 3 is 0.885 bits per heavy atom. The second-order valence-corrected chi connectivity index (χ2v) is 33.4. The Morgan fingerprint density at radius 1 is 0.372 bits per heavy atom. The number of anilines is 12. The summed E-state index contributed by atoms with van der Waals surface area (Å²) < 4.78 is 51.8. The van der Waals surface area contributed by atoms with Crippen LogP contribution >= 0.6 is 69.6 Å². The zero-order valence-electron chi connectivity index (χ0n) is 78.5. The predicted molar refractivity (Wildman–Crippen MR) is 548 cm³/mol. The number of hydrogen-bond donors (Lipinski definition) is 13. The Morgan fingerprint density at radius 2 is 0.628 bits per heavy atom. The summed E-state index contributed by atoms with van der Waals surface area (Å²) in [6.45, 7) is 5.98.